The van der Waals surface area contributed by atoms with Gasteiger partial charge in [0.05, 0.1) is 49.2 Å². The lowest BCUT2D eigenvalue weighted by Crippen LogP contribution is -2.05. The molecule has 0 spiro atoms. The van der Waals surface area contributed by atoms with Crippen molar-refractivity contribution in [3.8, 4) is 0 Å². The predicted molar refractivity (Wildman–Crippen MR) is 150 cm³/mol. The third kappa shape index (κ3) is 10.0. The molecule has 0 heterocycles. The van der Waals surface area contributed by atoms with Crippen molar-refractivity contribution in [1.82, 2.24) is 0 Å². The third-order valence-electron chi connectivity index (χ3n) is 5.37. The smallest absolute Gasteiger partial charge is 0.338 e. The van der Waals surface area contributed by atoms with Crippen LogP contribution in [0.15, 0.2) is 72.8 Å². The van der Waals surface area contributed by atoms with Gasteiger partial charge in [-0.1, -0.05) is 31.2 Å². The molecule has 11 heteroatoms. The second-order valence-corrected chi connectivity index (χ2v) is 8.24. The van der Waals surface area contributed by atoms with Gasteiger partial charge in [-0.2, -0.15) is 0 Å². The van der Waals surface area contributed by atoms with Crippen LogP contribution in [0.25, 0.3) is 21.5 Å². The first-order valence-corrected chi connectivity index (χ1v) is 12.2. The van der Waals surface area contributed by atoms with Crippen molar-refractivity contribution in [2.75, 3.05) is 26.9 Å². The maximum Gasteiger partial charge on any atom is 0.338 e. The van der Waals surface area contributed by atoms with Crippen LogP contribution < -0.4 is 0 Å². The number of benzene rings is 4. The van der Waals surface area contributed by atoms with Crippen molar-refractivity contribution in [3.63, 3.8) is 0 Å². The van der Waals surface area contributed by atoms with Gasteiger partial charge < -0.3 is 35.4 Å². The van der Waals surface area contributed by atoms with Gasteiger partial charge in [0.15, 0.2) is 0 Å². The van der Waals surface area contributed by atoms with E-state index in [-0.39, 0.29) is 41.8 Å². The quantitative estimate of drug-likeness (QED) is 0.233. The van der Waals surface area contributed by atoms with E-state index >= 15 is 0 Å². The molecule has 0 aliphatic rings. The van der Waals surface area contributed by atoms with E-state index in [0.717, 1.165) is 17.2 Å². The molecule has 0 atom stereocenters. The number of ether oxygens (including phenoxy) is 2. The molecule has 0 amide bonds. The number of carbonyl (C=O) groups is 4. The van der Waals surface area contributed by atoms with Crippen LogP contribution in [0.5, 0.6) is 0 Å². The van der Waals surface area contributed by atoms with Crippen molar-refractivity contribution in [1.29, 1.82) is 0 Å². The molecule has 4 aromatic carbocycles. The number of hydrogen-bond donors (Lipinski definition) is 4. The van der Waals surface area contributed by atoms with Crippen LogP contribution in [-0.2, 0) is 9.47 Å². The lowest BCUT2D eigenvalue weighted by molar-refractivity contribution is 0.0503. The molecular weight excluding hydrogens is 536 g/mol. The minimum atomic E-state index is -0.996. The fraction of sp³-hybridized carbons (Fsp3) is 0.200. The van der Waals surface area contributed by atoms with Crippen molar-refractivity contribution in [2.45, 2.75) is 13.3 Å². The summed E-state index contributed by atoms with van der Waals surface area (Å²) in [6.45, 7) is 2.11. The topological polar surface area (TPSA) is 198 Å². The number of hydrogen-bond acceptors (Lipinski definition) is 9. The largest absolute Gasteiger partial charge is 0.870 e. The average molecular weight is 568 g/mol. The van der Waals surface area contributed by atoms with Gasteiger partial charge in [0.25, 0.3) is 0 Å². The number of carbonyl (C=O) groups excluding carboxylic acids is 2. The van der Waals surface area contributed by atoms with Gasteiger partial charge in [-0.3, -0.25) is 0 Å². The summed E-state index contributed by atoms with van der Waals surface area (Å²) in [5.74, 6) is -2.70. The van der Waals surface area contributed by atoms with Crippen LogP contribution in [0.1, 0.15) is 54.8 Å². The van der Waals surface area contributed by atoms with Gasteiger partial charge in [0.2, 0.25) is 0 Å². The summed E-state index contributed by atoms with van der Waals surface area (Å²) < 4.78 is 9.77. The SMILES string of the molecule is CCCOC(=O)c1ccc2cc(C(=O)OC)ccc2c1.O=C(O)c1ccc2cc(C(=O)O)ccc2c1.OCCO.[OH-]. The van der Waals surface area contributed by atoms with Gasteiger partial charge in [0.1, 0.15) is 0 Å². The van der Waals surface area contributed by atoms with Crippen molar-refractivity contribution < 1.29 is 54.6 Å². The molecule has 0 fully saturated rings. The molecule has 11 nitrogen and oxygen atoms in total. The number of rotatable bonds is 7. The molecule has 0 unspecified atom stereocenters. The molecule has 0 radical (unpaired) electrons. The molecular formula is C30H31O11-. The van der Waals surface area contributed by atoms with Crippen LogP contribution in [-0.4, -0.2) is 76.7 Å². The number of carboxylic acid groups (broad SMARTS) is 2. The second kappa shape index (κ2) is 17.0. The molecule has 0 aromatic heterocycles. The number of aromatic carboxylic acids is 2. The number of aliphatic hydroxyl groups excluding tert-OH is 2. The number of esters is 2. The van der Waals surface area contributed by atoms with Gasteiger partial charge in [-0.15, -0.1) is 0 Å². The first kappa shape index (κ1) is 34.2. The molecule has 0 bridgehead atoms. The number of carboxylic acids is 2. The van der Waals surface area contributed by atoms with E-state index in [9.17, 15) is 19.2 Å². The van der Waals surface area contributed by atoms with Gasteiger partial charge in [-0.05, 0) is 76.5 Å². The summed E-state index contributed by atoms with van der Waals surface area (Å²) in [6.07, 6.45) is 0.793. The lowest BCUT2D eigenvalue weighted by Gasteiger charge is -2.06. The third-order valence-corrected chi connectivity index (χ3v) is 5.37. The van der Waals surface area contributed by atoms with Crippen molar-refractivity contribution >= 4 is 45.4 Å². The highest BCUT2D eigenvalue weighted by Crippen LogP contribution is 2.20. The molecule has 4 aromatic rings. The molecule has 4 rings (SSSR count). The number of methoxy groups -OCH3 is 1. The zero-order valence-corrected chi connectivity index (χ0v) is 22.4. The normalized spacial score (nSPS) is 9.76. The summed E-state index contributed by atoms with van der Waals surface area (Å²) in [5.41, 5.74) is 1.38. The minimum absolute atomic E-state index is 0. The second-order valence-electron chi connectivity index (χ2n) is 8.24. The highest BCUT2D eigenvalue weighted by atomic mass is 16.5. The lowest BCUT2D eigenvalue weighted by atomic mass is 10.0. The first-order chi connectivity index (χ1) is 19.1. The van der Waals surface area contributed by atoms with E-state index < -0.39 is 11.9 Å². The molecule has 0 aliphatic carbocycles. The fourth-order valence-corrected chi connectivity index (χ4v) is 3.41. The molecule has 41 heavy (non-hydrogen) atoms. The molecule has 5 N–H and O–H groups in total. The monoisotopic (exact) mass is 567 g/mol. The van der Waals surface area contributed by atoms with Crippen LogP contribution in [0.2, 0.25) is 0 Å². The Hall–Kier alpha value is -4.84. The van der Waals surface area contributed by atoms with E-state index in [4.69, 9.17) is 25.2 Å². The Morgan fingerprint density at radius 3 is 1.27 bits per heavy atom. The van der Waals surface area contributed by atoms with E-state index in [1.807, 2.05) is 6.92 Å². The van der Waals surface area contributed by atoms with E-state index in [1.165, 1.54) is 31.4 Å². The molecule has 0 saturated carbocycles. The Kier molecular flexibility index (Phi) is 14.2. The van der Waals surface area contributed by atoms with Crippen LogP contribution >= 0.6 is 0 Å². The summed E-state index contributed by atoms with van der Waals surface area (Å²) >= 11 is 0. The van der Waals surface area contributed by atoms with E-state index in [2.05, 4.69) is 4.74 Å². The highest BCUT2D eigenvalue weighted by Gasteiger charge is 2.10. The summed E-state index contributed by atoms with van der Waals surface area (Å²) in [6, 6.07) is 19.6. The Balaban J connectivity index is 0.000000361. The minimum Gasteiger partial charge on any atom is -0.870 e. The van der Waals surface area contributed by atoms with Gasteiger partial charge >= 0.3 is 23.9 Å². The maximum absolute atomic E-state index is 11.8. The number of aliphatic hydroxyl groups is 2. The predicted octanol–water partition coefficient (Wildman–Crippen LogP) is 4.22. The average Bonchev–Trinajstić information content (AvgIpc) is 2.98. The van der Waals surface area contributed by atoms with Crippen LogP contribution in [0, 0.1) is 0 Å². The zero-order valence-electron chi connectivity index (χ0n) is 22.4. The standard InChI is InChI=1S/C16H16O4.C12H8O4.C2H6O2.H2O/c1-3-8-20-16(18)14-7-5-11-9-13(15(17)19-2)6-4-12(11)10-14;13-11(14)9-3-1-7-5-10(12(15)16)4-2-8(7)6-9;3-1-2-4;/h4-7,9-10H,3,8H2,1-2H3;1-6H,(H,13,14)(H,15,16);3-4H,1-2H2;1H2/p-1. The summed E-state index contributed by atoms with van der Waals surface area (Å²) in [4.78, 5) is 44.7. The molecule has 0 aliphatic heterocycles. The van der Waals surface area contributed by atoms with Crippen molar-refractivity contribution in [3.05, 3.63) is 95.1 Å². The van der Waals surface area contributed by atoms with Crippen LogP contribution in [0.3, 0.4) is 0 Å². The van der Waals surface area contributed by atoms with E-state index in [0.29, 0.717) is 28.5 Å². The Labute approximate surface area is 235 Å². The zero-order chi connectivity index (χ0) is 29.7. The highest BCUT2D eigenvalue weighted by molar-refractivity contribution is 5.99. The van der Waals surface area contributed by atoms with Crippen LogP contribution in [0.4, 0.5) is 0 Å². The first-order valence-electron chi connectivity index (χ1n) is 12.2. The van der Waals surface area contributed by atoms with Gasteiger partial charge in [-0.25, -0.2) is 19.2 Å². The number of fused-ring (bicyclic) bond motifs is 2. The summed E-state index contributed by atoms with van der Waals surface area (Å²) in [7, 11) is 1.35. The Bertz CT molecular complexity index is 1440. The Morgan fingerprint density at radius 1 is 0.610 bits per heavy atom. The maximum atomic E-state index is 11.8. The Morgan fingerprint density at radius 2 is 0.951 bits per heavy atom. The van der Waals surface area contributed by atoms with Gasteiger partial charge in [0, 0.05) is 0 Å². The molecule has 218 valence electrons. The van der Waals surface area contributed by atoms with Crippen molar-refractivity contribution in [2.24, 2.45) is 0 Å². The fourth-order valence-electron chi connectivity index (χ4n) is 3.41. The summed E-state index contributed by atoms with van der Waals surface area (Å²) in [5, 5.41) is 36.0. The molecule has 0 saturated heterocycles. The van der Waals surface area contributed by atoms with E-state index in [1.54, 1.807) is 48.5 Å².